The zero-order chi connectivity index (χ0) is 11.5. The number of fused-ring (bicyclic) bond motifs is 1. The number of epoxide rings is 2. The van der Waals surface area contributed by atoms with Gasteiger partial charge >= 0.3 is 0 Å². The van der Waals surface area contributed by atoms with Crippen molar-refractivity contribution in [2.75, 3.05) is 6.61 Å². The van der Waals surface area contributed by atoms with Crippen molar-refractivity contribution in [3.63, 3.8) is 0 Å². The maximum absolute atomic E-state index is 9.40. The first-order chi connectivity index (χ1) is 8.36. The lowest BCUT2D eigenvalue weighted by molar-refractivity contribution is 0.157. The minimum absolute atomic E-state index is 0.0437. The molecule has 2 heterocycles. The van der Waals surface area contributed by atoms with E-state index in [1.54, 1.807) is 0 Å². The Bertz CT molecular complexity index is 432. The molecule has 5 unspecified atom stereocenters. The highest BCUT2D eigenvalue weighted by molar-refractivity contribution is 5.33. The van der Waals surface area contributed by atoms with Gasteiger partial charge in [0.15, 0.2) is 0 Å². The van der Waals surface area contributed by atoms with E-state index in [-0.39, 0.29) is 18.3 Å². The quantitative estimate of drug-likeness (QED) is 0.802. The van der Waals surface area contributed by atoms with E-state index < -0.39 is 0 Å². The van der Waals surface area contributed by atoms with Crippen LogP contribution >= 0.6 is 0 Å². The zero-order valence-electron chi connectivity index (χ0n) is 9.58. The Morgan fingerprint density at radius 2 is 2.06 bits per heavy atom. The molecule has 3 fully saturated rings. The molecule has 0 amide bonds. The maximum Gasteiger partial charge on any atom is 0.127 e. The number of rotatable bonds is 3. The van der Waals surface area contributed by atoms with E-state index in [9.17, 15) is 5.11 Å². The van der Waals surface area contributed by atoms with Gasteiger partial charge in [-0.1, -0.05) is 30.3 Å². The number of ether oxygens (including phenoxy) is 2. The van der Waals surface area contributed by atoms with Crippen LogP contribution in [-0.4, -0.2) is 30.0 Å². The average Bonchev–Trinajstić information content (AvgIpc) is 3.29. The van der Waals surface area contributed by atoms with Crippen LogP contribution in [0.15, 0.2) is 30.3 Å². The summed E-state index contributed by atoms with van der Waals surface area (Å²) in [6.07, 6.45) is 3.08. The van der Waals surface area contributed by atoms with E-state index in [1.165, 1.54) is 5.56 Å². The van der Waals surface area contributed by atoms with Gasteiger partial charge in [0, 0.05) is 5.92 Å². The largest absolute Gasteiger partial charge is 0.394 e. The molecule has 17 heavy (non-hydrogen) atoms. The minimum Gasteiger partial charge on any atom is -0.394 e. The molecule has 90 valence electrons. The van der Waals surface area contributed by atoms with Gasteiger partial charge in [-0.25, -0.2) is 0 Å². The molecule has 3 heteroatoms. The second kappa shape index (κ2) is 3.31. The molecule has 0 spiro atoms. The van der Waals surface area contributed by atoms with Gasteiger partial charge in [-0.05, 0) is 18.4 Å². The molecule has 0 aromatic heterocycles. The molecule has 1 saturated carbocycles. The van der Waals surface area contributed by atoms with E-state index in [2.05, 4.69) is 12.1 Å². The van der Waals surface area contributed by atoms with Gasteiger partial charge in [0.1, 0.15) is 11.7 Å². The average molecular weight is 232 g/mol. The second-order valence-electron chi connectivity index (χ2n) is 5.27. The van der Waals surface area contributed by atoms with Crippen LogP contribution in [0.2, 0.25) is 0 Å². The van der Waals surface area contributed by atoms with Gasteiger partial charge in [0.05, 0.1) is 18.8 Å². The fraction of sp³-hybridized carbons (Fsp3) is 0.571. The summed E-state index contributed by atoms with van der Waals surface area (Å²) >= 11 is 0. The van der Waals surface area contributed by atoms with Gasteiger partial charge in [0.25, 0.3) is 0 Å². The third-order valence-electron chi connectivity index (χ3n) is 4.48. The lowest BCUT2D eigenvalue weighted by Crippen LogP contribution is -2.28. The highest BCUT2D eigenvalue weighted by atomic mass is 16.6. The van der Waals surface area contributed by atoms with Gasteiger partial charge < -0.3 is 14.6 Å². The van der Waals surface area contributed by atoms with Gasteiger partial charge in [0.2, 0.25) is 0 Å². The zero-order valence-corrected chi connectivity index (χ0v) is 9.58. The highest BCUT2D eigenvalue weighted by Gasteiger charge is 2.69. The highest BCUT2D eigenvalue weighted by Crippen LogP contribution is 2.61. The molecule has 3 nitrogen and oxygen atoms in total. The van der Waals surface area contributed by atoms with E-state index >= 15 is 0 Å². The molecule has 1 aliphatic carbocycles. The van der Waals surface area contributed by atoms with Crippen LogP contribution in [-0.2, 0) is 15.1 Å². The van der Waals surface area contributed by atoms with Crippen molar-refractivity contribution in [1.82, 2.24) is 0 Å². The Labute approximate surface area is 100 Å². The van der Waals surface area contributed by atoms with Crippen LogP contribution in [0.5, 0.6) is 0 Å². The lowest BCUT2D eigenvalue weighted by atomic mass is 9.81. The van der Waals surface area contributed by atoms with Crippen molar-refractivity contribution in [2.24, 2.45) is 5.92 Å². The van der Waals surface area contributed by atoms with Gasteiger partial charge in [-0.2, -0.15) is 0 Å². The molecule has 1 aromatic rings. The van der Waals surface area contributed by atoms with Crippen LogP contribution in [0.3, 0.4) is 0 Å². The number of benzene rings is 1. The van der Waals surface area contributed by atoms with E-state index in [0.29, 0.717) is 18.1 Å². The number of hydrogen-bond donors (Lipinski definition) is 1. The Morgan fingerprint density at radius 3 is 2.59 bits per heavy atom. The smallest absolute Gasteiger partial charge is 0.127 e. The van der Waals surface area contributed by atoms with E-state index in [4.69, 9.17) is 9.47 Å². The molecule has 2 saturated heterocycles. The van der Waals surface area contributed by atoms with Crippen molar-refractivity contribution in [1.29, 1.82) is 0 Å². The van der Waals surface area contributed by atoms with Crippen LogP contribution < -0.4 is 0 Å². The van der Waals surface area contributed by atoms with Gasteiger partial charge in [-0.3, -0.25) is 0 Å². The number of aliphatic hydroxyl groups is 1. The molecule has 4 rings (SSSR count). The van der Waals surface area contributed by atoms with Crippen molar-refractivity contribution in [3.8, 4) is 0 Å². The van der Waals surface area contributed by atoms with Crippen molar-refractivity contribution >= 4 is 0 Å². The third kappa shape index (κ3) is 1.27. The molecule has 1 N–H and O–H groups in total. The van der Waals surface area contributed by atoms with E-state index in [1.807, 2.05) is 18.2 Å². The lowest BCUT2D eigenvalue weighted by Gasteiger charge is -2.21. The molecule has 1 aromatic carbocycles. The summed E-state index contributed by atoms with van der Waals surface area (Å²) in [5, 5.41) is 9.40. The Balaban J connectivity index is 1.71. The predicted molar refractivity (Wildman–Crippen MR) is 61.5 cm³/mol. The van der Waals surface area contributed by atoms with Crippen LogP contribution in [0.4, 0.5) is 0 Å². The van der Waals surface area contributed by atoms with Crippen LogP contribution in [0.1, 0.15) is 18.4 Å². The van der Waals surface area contributed by atoms with Crippen molar-refractivity contribution in [2.45, 2.75) is 36.8 Å². The summed E-state index contributed by atoms with van der Waals surface area (Å²) in [6.45, 7) is 0.1000. The van der Waals surface area contributed by atoms with Crippen LogP contribution in [0, 0.1) is 5.92 Å². The monoisotopic (exact) mass is 232 g/mol. The first kappa shape index (κ1) is 10.1. The van der Waals surface area contributed by atoms with Crippen molar-refractivity contribution in [3.05, 3.63) is 35.9 Å². The predicted octanol–water partition coefficient (Wildman–Crippen LogP) is 1.45. The van der Waals surface area contributed by atoms with Crippen molar-refractivity contribution < 1.29 is 14.6 Å². The molecular formula is C14H16O3. The van der Waals surface area contributed by atoms with Crippen LogP contribution in [0.25, 0.3) is 0 Å². The van der Waals surface area contributed by atoms with Gasteiger partial charge in [-0.15, -0.1) is 0 Å². The molecule has 5 atom stereocenters. The molecule has 3 aliphatic rings. The molecule has 0 radical (unpaired) electrons. The Hall–Kier alpha value is -0.900. The number of aliphatic hydroxyl groups excluding tert-OH is 1. The summed E-state index contributed by atoms with van der Waals surface area (Å²) < 4.78 is 11.5. The first-order valence-electron chi connectivity index (χ1n) is 6.36. The maximum atomic E-state index is 9.40. The Morgan fingerprint density at radius 1 is 1.24 bits per heavy atom. The summed E-state index contributed by atoms with van der Waals surface area (Å²) in [5.74, 6) is 0.423. The molecular weight excluding hydrogens is 216 g/mol. The second-order valence-corrected chi connectivity index (χ2v) is 5.27. The Kier molecular flexibility index (Phi) is 1.96. The third-order valence-corrected chi connectivity index (χ3v) is 4.48. The minimum atomic E-state index is -0.272. The van der Waals surface area contributed by atoms with E-state index in [0.717, 1.165) is 12.8 Å². The summed E-state index contributed by atoms with van der Waals surface area (Å²) in [5.41, 5.74) is 0.923. The topological polar surface area (TPSA) is 45.3 Å². The normalized spacial score (nSPS) is 46.6. The molecule has 2 aliphatic heterocycles. The fourth-order valence-electron chi connectivity index (χ4n) is 3.58. The summed E-state index contributed by atoms with van der Waals surface area (Å²) in [7, 11) is 0. The molecule has 0 bridgehead atoms. The SMILES string of the molecule is OCC1OC1(c1ccccc1)C1CCC2OC21. The summed E-state index contributed by atoms with van der Waals surface area (Å²) in [4.78, 5) is 0. The first-order valence-corrected chi connectivity index (χ1v) is 6.36. The summed E-state index contributed by atoms with van der Waals surface area (Å²) in [6, 6.07) is 10.3. The number of hydrogen-bond acceptors (Lipinski definition) is 3. The standard InChI is InChI=1S/C14H16O3/c15-8-12-14(17-12,9-4-2-1-3-5-9)10-6-7-11-13(10)16-11/h1-5,10-13,15H,6-8H2. The fourth-order valence-corrected chi connectivity index (χ4v) is 3.58.